The Bertz CT molecular complexity index is 196. The SMILES string of the molecule is CNCC(=O)NCP(=O)(O)CO. The van der Waals surface area contributed by atoms with Crippen molar-refractivity contribution in [2.45, 2.75) is 0 Å². The molecule has 1 unspecified atom stereocenters. The van der Waals surface area contributed by atoms with E-state index in [9.17, 15) is 9.36 Å². The fourth-order valence-corrected chi connectivity index (χ4v) is 1.01. The lowest BCUT2D eigenvalue weighted by molar-refractivity contribution is -0.119. The monoisotopic (exact) mass is 196 g/mol. The van der Waals surface area contributed by atoms with Crippen molar-refractivity contribution in [3.05, 3.63) is 0 Å². The van der Waals surface area contributed by atoms with Gasteiger partial charge in [-0.2, -0.15) is 0 Å². The van der Waals surface area contributed by atoms with Gasteiger partial charge in [-0.3, -0.25) is 9.36 Å². The van der Waals surface area contributed by atoms with E-state index in [-0.39, 0.29) is 18.7 Å². The second kappa shape index (κ2) is 5.27. The van der Waals surface area contributed by atoms with Crippen LogP contribution in [0, 0.1) is 0 Å². The van der Waals surface area contributed by atoms with Crippen LogP contribution in [0.3, 0.4) is 0 Å². The van der Waals surface area contributed by atoms with Crippen LogP contribution in [0.5, 0.6) is 0 Å². The Labute approximate surface area is 70.4 Å². The normalized spacial score (nSPS) is 15.2. The lowest BCUT2D eigenvalue weighted by Crippen LogP contribution is -2.32. The summed E-state index contributed by atoms with van der Waals surface area (Å²) in [5, 5.41) is 13.1. The first-order valence-electron chi connectivity index (χ1n) is 3.35. The molecule has 7 heteroatoms. The zero-order valence-corrected chi connectivity index (χ0v) is 7.67. The number of aliphatic hydroxyl groups is 1. The van der Waals surface area contributed by atoms with Crippen LogP contribution in [0.1, 0.15) is 0 Å². The molecule has 0 aromatic carbocycles. The summed E-state index contributed by atoms with van der Waals surface area (Å²) in [6.45, 7) is 0.0887. The van der Waals surface area contributed by atoms with Gasteiger partial charge in [0.1, 0.15) is 6.35 Å². The van der Waals surface area contributed by atoms with Gasteiger partial charge >= 0.3 is 0 Å². The minimum absolute atomic E-state index is 0.0887. The van der Waals surface area contributed by atoms with E-state index in [0.29, 0.717) is 0 Å². The summed E-state index contributed by atoms with van der Waals surface area (Å²) in [5.41, 5.74) is 0. The molecule has 12 heavy (non-hydrogen) atoms. The Morgan fingerprint density at radius 2 is 2.17 bits per heavy atom. The molecule has 1 amide bonds. The summed E-state index contributed by atoms with van der Waals surface area (Å²) in [6.07, 6.45) is -1.20. The Kier molecular flexibility index (Phi) is 5.08. The van der Waals surface area contributed by atoms with E-state index in [0.717, 1.165) is 0 Å². The van der Waals surface area contributed by atoms with Crippen molar-refractivity contribution in [1.82, 2.24) is 10.6 Å². The van der Waals surface area contributed by atoms with E-state index < -0.39 is 13.7 Å². The third-order valence-electron chi connectivity index (χ3n) is 1.08. The second-order valence-corrected chi connectivity index (χ2v) is 4.57. The van der Waals surface area contributed by atoms with Gasteiger partial charge in [0.05, 0.1) is 12.8 Å². The number of carbonyl (C=O) groups is 1. The number of nitrogens with one attached hydrogen (secondary N) is 2. The van der Waals surface area contributed by atoms with Crippen molar-refractivity contribution >= 4 is 13.3 Å². The molecular weight excluding hydrogens is 183 g/mol. The number of likely N-dealkylation sites (N-methyl/N-ethyl adjacent to an activating group) is 1. The first-order valence-corrected chi connectivity index (χ1v) is 5.38. The van der Waals surface area contributed by atoms with Gasteiger partial charge in [0.25, 0.3) is 0 Å². The van der Waals surface area contributed by atoms with Gasteiger partial charge in [0, 0.05) is 0 Å². The molecule has 0 spiro atoms. The van der Waals surface area contributed by atoms with Gasteiger partial charge in [-0.15, -0.1) is 0 Å². The molecule has 0 saturated heterocycles. The van der Waals surface area contributed by atoms with E-state index in [4.69, 9.17) is 10.00 Å². The van der Waals surface area contributed by atoms with Crippen LogP contribution >= 0.6 is 7.37 Å². The Morgan fingerprint density at radius 1 is 1.58 bits per heavy atom. The molecule has 0 aliphatic carbocycles. The highest BCUT2D eigenvalue weighted by molar-refractivity contribution is 7.57. The lowest BCUT2D eigenvalue weighted by Gasteiger charge is -2.08. The second-order valence-electron chi connectivity index (χ2n) is 2.28. The molecule has 0 aromatic heterocycles. The molecule has 1 atom stereocenters. The first-order chi connectivity index (χ1) is 5.52. The average Bonchev–Trinajstić information content (AvgIpc) is 2.02. The van der Waals surface area contributed by atoms with Gasteiger partial charge in [0.15, 0.2) is 0 Å². The van der Waals surface area contributed by atoms with Crippen molar-refractivity contribution in [3.63, 3.8) is 0 Å². The molecule has 0 aliphatic heterocycles. The maximum atomic E-state index is 10.8. The maximum absolute atomic E-state index is 10.8. The van der Waals surface area contributed by atoms with Crippen molar-refractivity contribution in [2.24, 2.45) is 0 Å². The minimum atomic E-state index is -3.56. The highest BCUT2D eigenvalue weighted by Gasteiger charge is 2.16. The molecule has 0 bridgehead atoms. The van der Waals surface area contributed by atoms with Crippen LogP contribution in [-0.2, 0) is 9.36 Å². The zero-order valence-electron chi connectivity index (χ0n) is 6.78. The molecule has 0 aromatic rings. The molecule has 6 nitrogen and oxygen atoms in total. The molecule has 0 fully saturated rings. The van der Waals surface area contributed by atoms with Gasteiger partial charge in [0.2, 0.25) is 13.3 Å². The van der Waals surface area contributed by atoms with Crippen LogP contribution in [0.25, 0.3) is 0 Å². The topological polar surface area (TPSA) is 98.7 Å². The third-order valence-corrected chi connectivity index (χ3v) is 2.18. The van der Waals surface area contributed by atoms with Crippen LogP contribution < -0.4 is 10.6 Å². The van der Waals surface area contributed by atoms with Crippen molar-refractivity contribution < 1.29 is 19.4 Å². The van der Waals surface area contributed by atoms with Gasteiger partial charge in [-0.1, -0.05) is 0 Å². The van der Waals surface area contributed by atoms with E-state index in [1.807, 2.05) is 0 Å². The summed E-state index contributed by atoms with van der Waals surface area (Å²) in [5.74, 6) is -0.375. The van der Waals surface area contributed by atoms with Gasteiger partial charge in [-0.25, -0.2) is 0 Å². The van der Waals surface area contributed by atoms with E-state index in [1.165, 1.54) is 0 Å². The molecule has 0 saturated carbocycles. The lowest BCUT2D eigenvalue weighted by atomic mass is 10.6. The summed E-state index contributed by atoms with van der Waals surface area (Å²) >= 11 is 0. The molecule has 0 heterocycles. The first kappa shape index (κ1) is 11.6. The maximum Gasteiger partial charge on any atom is 0.243 e. The number of hydrogen-bond donors (Lipinski definition) is 4. The van der Waals surface area contributed by atoms with Crippen LogP contribution in [0.2, 0.25) is 0 Å². The molecule has 0 radical (unpaired) electrons. The Morgan fingerprint density at radius 3 is 2.58 bits per heavy atom. The number of aliphatic hydroxyl groups excluding tert-OH is 1. The summed E-state index contributed by atoms with van der Waals surface area (Å²) in [6, 6.07) is 0. The summed E-state index contributed by atoms with van der Waals surface area (Å²) in [7, 11) is -1.97. The number of rotatable bonds is 5. The van der Waals surface area contributed by atoms with Gasteiger partial charge < -0.3 is 20.6 Å². The molecular formula is C5H13N2O4P. The van der Waals surface area contributed by atoms with Crippen LogP contribution in [0.15, 0.2) is 0 Å². The number of carbonyl (C=O) groups excluding carboxylic acids is 1. The summed E-state index contributed by atoms with van der Waals surface area (Å²) < 4.78 is 10.8. The highest BCUT2D eigenvalue weighted by Crippen LogP contribution is 2.36. The minimum Gasteiger partial charge on any atom is -0.386 e. The smallest absolute Gasteiger partial charge is 0.243 e. The quantitative estimate of drug-likeness (QED) is 0.401. The molecule has 0 rings (SSSR count). The standard InChI is InChI=1S/C5H13N2O4P/c1-6-2-5(9)7-3-12(10,11)4-8/h6,8H,2-4H2,1H3,(H,7,9)(H,10,11). The predicted molar refractivity (Wildman–Crippen MR) is 43.8 cm³/mol. The largest absolute Gasteiger partial charge is 0.386 e. The Balaban J connectivity index is 3.68. The Hall–Kier alpha value is -0.420. The highest BCUT2D eigenvalue weighted by atomic mass is 31.2. The van der Waals surface area contributed by atoms with E-state index in [2.05, 4.69) is 10.6 Å². The van der Waals surface area contributed by atoms with E-state index in [1.54, 1.807) is 7.05 Å². The molecule has 4 N–H and O–H groups in total. The average molecular weight is 196 g/mol. The fourth-order valence-electron chi connectivity index (χ4n) is 0.485. The number of amides is 1. The van der Waals surface area contributed by atoms with E-state index >= 15 is 0 Å². The predicted octanol–water partition coefficient (Wildman–Crippen LogP) is -1.50. The van der Waals surface area contributed by atoms with Crippen molar-refractivity contribution in [3.8, 4) is 0 Å². The molecule has 0 aliphatic rings. The fraction of sp³-hybridized carbons (Fsp3) is 0.800. The van der Waals surface area contributed by atoms with Gasteiger partial charge in [-0.05, 0) is 7.05 Å². The van der Waals surface area contributed by atoms with Crippen molar-refractivity contribution in [2.75, 3.05) is 26.2 Å². The zero-order chi connectivity index (χ0) is 9.61. The number of hydrogen-bond acceptors (Lipinski definition) is 4. The summed E-state index contributed by atoms with van der Waals surface area (Å²) in [4.78, 5) is 19.5. The third kappa shape index (κ3) is 5.26. The molecule has 72 valence electrons. The van der Waals surface area contributed by atoms with Crippen molar-refractivity contribution in [1.29, 1.82) is 0 Å². The van der Waals surface area contributed by atoms with Crippen LogP contribution in [0.4, 0.5) is 0 Å². The van der Waals surface area contributed by atoms with Crippen LogP contribution in [-0.4, -0.2) is 42.1 Å².